The number of carbonyl (C=O) groups excluding carboxylic acids is 2. The van der Waals surface area contributed by atoms with E-state index >= 15 is 0 Å². The molecular formula is C23H25N3O4. The number of nitrogens with zero attached hydrogens (tertiary/aromatic N) is 2. The van der Waals surface area contributed by atoms with Crippen molar-refractivity contribution in [3.05, 3.63) is 51.8 Å². The topological polar surface area (TPSA) is 71.1 Å². The van der Waals surface area contributed by atoms with Gasteiger partial charge in [0.25, 0.3) is 11.8 Å². The van der Waals surface area contributed by atoms with Gasteiger partial charge in [0, 0.05) is 24.3 Å². The average Bonchev–Trinajstić information content (AvgIpc) is 3.45. The summed E-state index contributed by atoms with van der Waals surface area (Å²) in [5.41, 5.74) is 5.55. The second-order valence-corrected chi connectivity index (χ2v) is 8.57. The van der Waals surface area contributed by atoms with Crippen LogP contribution in [-0.2, 0) is 22.3 Å². The zero-order valence-electron chi connectivity index (χ0n) is 17.1. The molecule has 1 saturated heterocycles. The third kappa shape index (κ3) is 2.39. The lowest BCUT2D eigenvalue weighted by molar-refractivity contribution is 0.0124. The molecule has 7 heteroatoms. The summed E-state index contributed by atoms with van der Waals surface area (Å²) in [5.74, 6) is 0.454. The fraction of sp³-hybridized carbons (Fsp3) is 0.478. The van der Waals surface area contributed by atoms with Gasteiger partial charge in [0.05, 0.1) is 50.1 Å². The summed E-state index contributed by atoms with van der Waals surface area (Å²) in [7, 11) is 1.67. The Labute approximate surface area is 175 Å². The number of hydrogen-bond donors (Lipinski definition) is 1. The van der Waals surface area contributed by atoms with Gasteiger partial charge in [-0.15, -0.1) is 0 Å². The van der Waals surface area contributed by atoms with Gasteiger partial charge in [-0.1, -0.05) is 12.2 Å². The Hall–Kier alpha value is -2.64. The summed E-state index contributed by atoms with van der Waals surface area (Å²) < 4.78 is 11.1. The van der Waals surface area contributed by atoms with E-state index in [2.05, 4.69) is 16.3 Å². The van der Waals surface area contributed by atoms with E-state index in [1.165, 1.54) is 10.5 Å². The molecule has 156 valence electrons. The molecule has 2 atom stereocenters. The van der Waals surface area contributed by atoms with Gasteiger partial charge in [0.15, 0.2) is 0 Å². The molecule has 30 heavy (non-hydrogen) atoms. The molecule has 3 aliphatic heterocycles. The van der Waals surface area contributed by atoms with Crippen LogP contribution in [0.4, 0.5) is 5.69 Å². The van der Waals surface area contributed by atoms with Crippen molar-refractivity contribution >= 4 is 17.5 Å². The Morgan fingerprint density at radius 1 is 1.13 bits per heavy atom. The fourth-order valence-electron chi connectivity index (χ4n) is 5.71. The number of morpholine rings is 1. The number of carbonyl (C=O) groups is 2. The Kier molecular flexibility index (Phi) is 4.05. The van der Waals surface area contributed by atoms with Gasteiger partial charge in [-0.3, -0.25) is 19.4 Å². The summed E-state index contributed by atoms with van der Waals surface area (Å²) in [6, 6.07) is 0.0485. The third-order valence-electron chi connectivity index (χ3n) is 7.08. The maximum absolute atomic E-state index is 13.7. The van der Waals surface area contributed by atoms with Gasteiger partial charge in [0.1, 0.15) is 5.76 Å². The van der Waals surface area contributed by atoms with Crippen LogP contribution in [0.25, 0.3) is 0 Å². The molecule has 0 bridgehead atoms. The lowest BCUT2D eigenvalue weighted by Gasteiger charge is -2.29. The van der Waals surface area contributed by atoms with Crippen molar-refractivity contribution in [1.29, 1.82) is 0 Å². The van der Waals surface area contributed by atoms with E-state index in [1.807, 2.05) is 12.2 Å². The van der Waals surface area contributed by atoms with Crippen molar-refractivity contribution < 1.29 is 19.1 Å². The minimum Gasteiger partial charge on any atom is -0.500 e. The zero-order valence-corrected chi connectivity index (χ0v) is 17.1. The van der Waals surface area contributed by atoms with E-state index in [4.69, 9.17) is 9.47 Å². The molecule has 3 heterocycles. The van der Waals surface area contributed by atoms with Gasteiger partial charge >= 0.3 is 0 Å². The first kappa shape index (κ1) is 18.2. The number of methoxy groups -OCH3 is 1. The third-order valence-corrected chi connectivity index (χ3v) is 7.08. The predicted octanol–water partition coefficient (Wildman–Crippen LogP) is 2.04. The first-order chi connectivity index (χ1) is 14.7. The minimum atomic E-state index is -0.167. The van der Waals surface area contributed by atoms with Gasteiger partial charge < -0.3 is 14.8 Å². The number of benzene rings is 1. The predicted molar refractivity (Wildman–Crippen MR) is 111 cm³/mol. The maximum atomic E-state index is 13.7. The normalized spacial score (nSPS) is 26.8. The largest absolute Gasteiger partial charge is 0.500 e. The Morgan fingerprint density at radius 3 is 2.70 bits per heavy atom. The summed E-state index contributed by atoms with van der Waals surface area (Å²) in [6.07, 6.45) is 8.89. The lowest BCUT2D eigenvalue weighted by Crippen LogP contribution is -2.46. The molecule has 0 saturated carbocycles. The number of hydrogen-bond acceptors (Lipinski definition) is 6. The van der Waals surface area contributed by atoms with E-state index in [-0.39, 0.29) is 23.8 Å². The van der Waals surface area contributed by atoms with Crippen molar-refractivity contribution in [3.8, 4) is 0 Å². The quantitative estimate of drug-likeness (QED) is 0.774. The standard InChI is InChI=1S/C23H25N3O4/c1-29-16-7-3-6-15-18(16)19-20-17(13-4-2-5-14(13)21(19)24-15)22(27)26(23(20)28)12-25-8-10-30-11-9-25/h3,6-7,15,18,24H,2,4-5,8-12H2,1H3. The molecule has 1 aromatic carbocycles. The number of fused-ring (bicyclic) bond motifs is 8. The summed E-state index contributed by atoms with van der Waals surface area (Å²) in [5, 5.41) is 3.65. The van der Waals surface area contributed by atoms with Crippen LogP contribution < -0.4 is 5.32 Å². The molecule has 2 unspecified atom stereocenters. The van der Waals surface area contributed by atoms with Crippen LogP contribution in [0.15, 0.2) is 24.0 Å². The van der Waals surface area contributed by atoms with Gasteiger partial charge in [-0.25, -0.2) is 0 Å². The Bertz CT molecular complexity index is 1020. The average molecular weight is 407 g/mol. The van der Waals surface area contributed by atoms with Crippen LogP contribution in [0.1, 0.15) is 49.7 Å². The van der Waals surface area contributed by atoms with Crippen molar-refractivity contribution in [1.82, 2.24) is 9.80 Å². The highest BCUT2D eigenvalue weighted by Gasteiger charge is 2.49. The van der Waals surface area contributed by atoms with Gasteiger partial charge in [-0.05, 0) is 36.5 Å². The van der Waals surface area contributed by atoms with E-state index in [0.29, 0.717) is 31.0 Å². The SMILES string of the molecule is COC1=CC=CC2Nc3c4c(c5c(c3C12)C(=O)N(CN1CCOCC1)C5=O)CCC4. The Morgan fingerprint density at radius 2 is 1.90 bits per heavy atom. The fourth-order valence-corrected chi connectivity index (χ4v) is 5.71. The number of anilines is 1. The molecule has 6 rings (SSSR count). The van der Waals surface area contributed by atoms with Crippen molar-refractivity contribution in [2.75, 3.05) is 45.4 Å². The van der Waals surface area contributed by atoms with E-state index in [1.54, 1.807) is 7.11 Å². The molecule has 0 aromatic heterocycles. The molecule has 1 fully saturated rings. The number of ether oxygens (including phenoxy) is 2. The van der Waals surface area contributed by atoms with Crippen LogP contribution in [-0.4, -0.2) is 67.7 Å². The molecule has 5 aliphatic rings. The van der Waals surface area contributed by atoms with Crippen LogP contribution in [0.3, 0.4) is 0 Å². The first-order valence-electron chi connectivity index (χ1n) is 10.8. The van der Waals surface area contributed by atoms with E-state index < -0.39 is 0 Å². The molecule has 2 aliphatic carbocycles. The van der Waals surface area contributed by atoms with Crippen molar-refractivity contribution in [2.45, 2.75) is 31.2 Å². The number of amides is 2. The van der Waals surface area contributed by atoms with Crippen LogP contribution >= 0.6 is 0 Å². The van der Waals surface area contributed by atoms with E-state index in [9.17, 15) is 9.59 Å². The van der Waals surface area contributed by atoms with Gasteiger partial charge in [-0.2, -0.15) is 0 Å². The monoisotopic (exact) mass is 407 g/mol. The maximum Gasteiger partial charge on any atom is 0.263 e. The van der Waals surface area contributed by atoms with Crippen LogP contribution in [0.5, 0.6) is 0 Å². The van der Waals surface area contributed by atoms with Crippen LogP contribution in [0.2, 0.25) is 0 Å². The number of nitrogens with one attached hydrogen (secondary N) is 1. The summed E-state index contributed by atoms with van der Waals surface area (Å²) in [4.78, 5) is 30.7. The number of imide groups is 1. The molecule has 1 aromatic rings. The van der Waals surface area contributed by atoms with Crippen molar-refractivity contribution in [2.24, 2.45) is 0 Å². The molecule has 1 N–H and O–H groups in total. The summed E-state index contributed by atoms with van der Waals surface area (Å²) in [6.45, 7) is 3.06. The second-order valence-electron chi connectivity index (χ2n) is 8.57. The van der Waals surface area contributed by atoms with Gasteiger partial charge in [0.2, 0.25) is 0 Å². The lowest BCUT2D eigenvalue weighted by atomic mass is 9.83. The highest BCUT2D eigenvalue weighted by atomic mass is 16.5. The smallest absolute Gasteiger partial charge is 0.263 e. The first-order valence-corrected chi connectivity index (χ1v) is 10.8. The molecular weight excluding hydrogens is 382 g/mol. The number of rotatable bonds is 3. The summed E-state index contributed by atoms with van der Waals surface area (Å²) >= 11 is 0. The highest BCUT2D eigenvalue weighted by molar-refractivity contribution is 6.24. The zero-order chi connectivity index (χ0) is 20.4. The Balaban J connectivity index is 1.49. The molecule has 2 amide bonds. The molecule has 7 nitrogen and oxygen atoms in total. The minimum absolute atomic E-state index is 0.0485. The van der Waals surface area contributed by atoms with Crippen molar-refractivity contribution in [3.63, 3.8) is 0 Å². The molecule has 0 spiro atoms. The highest BCUT2D eigenvalue weighted by Crippen LogP contribution is 2.52. The number of allylic oxidation sites excluding steroid dienone is 2. The molecule has 0 radical (unpaired) electrons. The second kappa shape index (κ2) is 6.68. The van der Waals surface area contributed by atoms with E-state index in [0.717, 1.165) is 54.9 Å². The van der Waals surface area contributed by atoms with Crippen LogP contribution in [0, 0.1) is 0 Å².